The van der Waals surface area contributed by atoms with E-state index in [1.165, 1.54) is 17.0 Å². The monoisotopic (exact) mass is 569 g/mol. The van der Waals surface area contributed by atoms with Gasteiger partial charge in [0, 0.05) is 12.6 Å². The molecule has 0 aromatic heterocycles. The van der Waals surface area contributed by atoms with Gasteiger partial charge in [0.2, 0.25) is 11.8 Å². The Labute approximate surface area is 236 Å². The molecule has 3 rings (SSSR count). The second-order valence-corrected chi connectivity index (χ2v) is 11.8. The SMILES string of the molecule is CCC(C)NC(=O)C(CC)N(Cc1ccccc1)C(=O)CN(c1ccccc1Cl)S(=O)(=O)c1ccc(C)cc1. The van der Waals surface area contributed by atoms with Crippen LogP contribution in [0.5, 0.6) is 0 Å². The minimum absolute atomic E-state index is 0.0389. The van der Waals surface area contributed by atoms with E-state index in [4.69, 9.17) is 11.6 Å². The summed E-state index contributed by atoms with van der Waals surface area (Å²) in [5, 5.41) is 3.16. The molecule has 0 heterocycles. The summed E-state index contributed by atoms with van der Waals surface area (Å²) in [5.41, 5.74) is 1.91. The molecule has 0 radical (unpaired) electrons. The topological polar surface area (TPSA) is 86.8 Å². The van der Waals surface area contributed by atoms with Crippen molar-refractivity contribution in [3.05, 3.63) is 95.0 Å². The number of aryl methyl sites for hydroxylation is 1. The highest BCUT2D eigenvalue weighted by atomic mass is 35.5. The van der Waals surface area contributed by atoms with Crippen molar-refractivity contribution in [2.24, 2.45) is 0 Å². The second kappa shape index (κ2) is 13.6. The number of benzene rings is 3. The number of carbonyl (C=O) groups excluding carboxylic acids is 2. The van der Waals surface area contributed by atoms with Gasteiger partial charge in [0.1, 0.15) is 12.6 Å². The van der Waals surface area contributed by atoms with Crippen LogP contribution in [-0.4, -0.2) is 43.8 Å². The molecule has 2 unspecified atom stereocenters. The zero-order valence-corrected chi connectivity index (χ0v) is 24.4. The first-order valence-corrected chi connectivity index (χ1v) is 14.9. The van der Waals surface area contributed by atoms with Gasteiger partial charge < -0.3 is 10.2 Å². The Hall–Kier alpha value is -3.36. The maximum Gasteiger partial charge on any atom is 0.264 e. The van der Waals surface area contributed by atoms with Crippen LogP contribution in [0.15, 0.2) is 83.8 Å². The zero-order valence-electron chi connectivity index (χ0n) is 22.8. The molecule has 7 nitrogen and oxygen atoms in total. The molecule has 9 heteroatoms. The second-order valence-electron chi connectivity index (χ2n) is 9.53. The van der Waals surface area contributed by atoms with E-state index >= 15 is 0 Å². The zero-order chi connectivity index (χ0) is 28.6. The molecule has 2 amide bonds. The summed E-state index contributed by atoms with van der Waals surface area (Å²) >= 11 is 6.45. The van der Waals surface area contributed by atoms with E-state index in [9.17, 15) is 18.0 Å². The van der Waals surface area contributed by atoms with Crippen LogP contribution < -0.4 is 9.62 Å². The third-order valence-electron chi connectivity index (χ3n) is 6.59. The minimum atomic E-state index is -4.17. The third kappa shape index (κ3) is 7.61. The van der Waals surface area contributed by atoms with Crippen LogP contribution >= 0.6 is 11.6 Å². The molecule has 0 saturated carbocycles. The van der Waals surface area contributed by atoms with Crippen molar-refractivity contribution in [3.63, 3.8) is 0 Å². The van der Waals surface area contributed by atoms with Gasteiger partial charge >= 0.3 is 0 Å². The number of halogens is 1. The Morgan fingerprint density at radius 2 is 1.51 bits per heavy atom. The summed E-state index contributed by atoms with van der Waals surface area (Å²) in [4.78, 5) is 28.8. The van der Waals surface area contributed by atoms with Gasteiger partial charge in [0.25, 0.3) is 10.0 Å². The van der Waals surface area contributed by atoms with Gasteiger partial charge in [-0.3, -0.25) is 13.9 Å². The number of nitrogens with one attached hydrogen (secondary N) is 1. The highest BCUT2D eigenvalue weighted by molar-refractivity contribution is 7.92. The highest BCUT2D eigenvalue weighted by Crippen LogP contribution is 2.31. The standard InChI is InChI=1S/C30H36ClN3O4S/c1-5-23(4)32-30(36)27(6-2)33(20-24-12-8-7-9-13-24)29(35)21-34(28-15-11-10-14-26(28)31)39(37,38)25-18-16-22(3)17-19-25/h7-19,23,27H,5-6,20-21H2,1-4H3,(H,32,36). The average Bonchev–Trinajstić information content (AvgIpc) is 2.92. The average molecular weight is 570 g/mol. The molecule has 0 aliphatic carbocycles. The third-order valence-corrected chi connectivity index (χ3v) is 8.69. The molecule has 3 aromatic rings. The summed E-state index contributed by atoms with van der Waals surface area (Å²) in [6.07, 6.45) is 1.10. The molecule has 0 spiro atoms. The Morgan fingerprint density at radius 3 is 2.10 bits per heavy atom. The molecule has 0 saturated heterocycles. The summed E-state index contributed by atoms with van der Waals surface area (Å²) in [6.45, 7) is 7.19. The molecule has 208 valence electrons. The number of hydrogen-bond donors (Lipinski definition) is 1. The van der Waals surface area contributed by atoms with Crippen LogP contribution in [0.4, 0.5) is 5.69 Å². The smallest absolute Gasteiger partial charge is 0.264 e. The van der Waals surface area contributed by atoms with Gasteiger partial charge in [0.15, 0.2) is 0 Å². The lowest BCUT2D eigenvalue weighted by atomic mass is 10.1. The lowest BCUT2D eigenvalue weighted by Crippen LogP contribution is -2.53. The minimum Gasteiger partial charge on any atom is -0.352 e. The molecule has 2 atom stereocenters. The van der Waals surface area contributed by atoms with Crippen molar-refractivity contribution in [2.75, 3.05) is 10.8 Å². The molecular weight excluding hydrogens is 534 g/mol. The van der Waals surface area contributed by atoms with E-state index in [0.717, 1.165) is 21.9 Å². The van der Waals surface area contributed by atoms with Gasteiger partial charge in [-0.1, -0.05) is 85.6 Å². The first kappa shape index (κ1) is 30.2. The molecule has 0 aliphatic heterocycles. The van der Waals surface area contributed by atoms with E-state index < -0.39 is 28.5 Å². The fourth-order valence-electron chi connectivity index (χ4n) is 4.15. The van der Waals surface area contributed by atoms with Crippen molar-refractivity contribution < 1.29 is 18.0 Å². The van der Waals surface area contributed by atoms with E-state index in [0.29, 0.717) is 6.42 Å². The first-order chi connectivity index (χ1) is 18.6. The molecule has 0 fully saturated rings. The fraction of sp³-hybridized carbons (Fsp3) is 0.333. The van der Waals surface area contributed by atoms with Crippen LogP contribution in [0.1, 0.15) is 44.7 Å². The van der Waals surface area contributed by atoms with E-state index in [2.05, 4.69) is 5.32 Å². The Kier molecular flexibility index (Phi) is 10.5. The van der Waals surface area contributed by atoms with Gasteiger partial charge in [-0.15, -0.1) is 0 Å². The predicted octanol–water partition coefficient (Wildman–Crippen LogP) is 5.57. The Bertz CT molecular complexity index is 1360. The lowest BCUT2D eigenvalue weighted by Gasteiger charge is -2.34. The number of nitrogens with zero attached hydrogens (tertiary/aromatic N) is 2. The maximum absolute atomic E-state index is 14.0. The van der Waals surface area contributed by atoms with Crippen LogP contribution in [0.25, 0.3) is 0 Å². The van der Waals surface area contributed by atoms with Crippen LogP contribution in [0, 0.1) is 6.92 Å². The summed E-state index contributed by atoms with van der Waals surface area (Å²) in [6, 6.07) is 21.4. The molecular formula is C30H36ClN3O4S. The van der Waals surface area contributed by atoms with Crippen LogP contribution in [0.2, 0.25) is 5.02 Å². The Morgan fingerprint density at radius 1 is 0.897 bits per heavy atom. The molecule has 1 N–H and O–H groups in total. The molecule has 3 aromatic carbocycles. The van der Waals surface area contributed by atoms with Crippen molar-refractivity contribution >= 4 is 39.1 Å². The predicted molar refractivity (Wildman–Crippen MR) is 156 cm³/mol. The summed E-state index contributed by atoms with van der Waals surface area (Å²) in [5.74, 6) is -0.789. The molecule has 0 aliphatic rings. The van der Waals surface area contributed by atoms with Gasteiger partial charge in [0.05, 0.1) is 15.6 Å². The quantitative estimate of drug-likeness (QED) is 0.309. The van der Waals surface area contributed by atoms with E-state index in [1.807, 2.05) is 58.0 Å². The van der Waals surface area contributed by atoms with Crippen LogP contribution in [-0.2, 0) is 26.2 Å². The molecule has 0 bridgehead atoms. The summed E-state index contributed by atoms with van der Waals surface area (Å²) < 4.78 is 28.8. The number of anilines is 1. The first-order valence-electron chi connectivity index (χ1n) is 13.1. The van der Waals surface area contributed by atoms with Crippen molar-refractivity contribution in [2.45, 2.75) is 64.1 Å². The van der Waals surface area contributed by atoms with E-state index in [1.54, 1.807) is 36.4 Å². The Balaban J connectivity index is 2.05. The van der Waals surface area contributed by atoms with Crippen LogP contribution in [0.3, 0.4) is 0 Å². The number of amides is 2. The van der Waals surface area contributed by atoms with Crippen molar-refractivity contribution in [1.82, 2.24) is 10.2 Å². The van der Waals surface area contributed by atoms with Gasteiger partial charge in [-0.25, -0.2) is 8.42 Å². The number of rotatable bonds is 12. The highest BCUT2D eigenvalue weighted by Gasteiger charge is 2.34. The normalized spacial score (nSPS) is 12.8. The number of sulfonamides is 1. The van der Waals surface area contributed by atoms with Crippen molar-refractivity contribution in [3.8, 4) is 0 Å². The maximum atomic E-state index is 14.0. The number of hydrogen-bond acceptors (Lipinski definition) is 4. The van der Waals surface area contributed by atoms with E-state index in [-0.39, 0.29) is 34.1 Å². The fourth-order valence-corrected chi connectivity index (χ4v) is 5.87. The van der Waals surface area contributed by atoms with Gasteiger partial charge in [-0.05, 0) is 56.5 Å². The summed E-state index contributed by atoms with van der Waals surface area (Å²) in [7, 11) is -4.17. The lowest BCUT2D eigenvalue weighted by molar-refractivity contribution is -0.140. The van der Waals surface area contributed by atoms with Crippen molar-refractivity contribution in [1.29, 1.82) is 0 Å². The largest absolute Gasteiger partial charge is 0.352 e. The molecule has 39 heavy (non-hydrogen) atoms. The van der Waals surface area contributed by atoms with Gasteiger partial charge in [-0.2, -0.15) is 0 Å². The number of carbonyl (C=O) groups is 2. The number of para-hydroxylation sites is 1.